The van der Waals surface area contributed by atoms with Gasteiger partial charge in [0.25, 0.3) is 0 Å². The van der Waals surface area contributed by atoms with E-state index >= 15 is 0 Å². The van der Waals surface area contributed by atoms with E-state index in [9.17, 15) is 9.90 Å². The van der Waals surface area contributed by atoms with Gasteiger partial charge in [0.1, 0.15) is 0 Å². The molecule has 1 saturated heterocycles. The molecule has 0 spiro atoms. The van der Waals surface area contributed by atoms with Crippen LogP contribution in [0.25, 0.3) is 0 Å². The van der Waals surface area contributed by atoms with Crippen LogP contribution in [0.15, 0.2) is 0 Å². The van der Waals surface area contributed by atoms with Crippen molar-refractivity contribution in [3.8, 4) is 0 Å². The number of hydrogen-bond acceptors (Lipinski definition) is 5. The average Bonchev–Trinajstić information content (AvgIpc) is 2.66. The normalized spacial score (nSPS) is 25.8. The smallest absolute Gasteiger partial charge is 0.338 e. The molecule has 1 heterocycles. The second-order valence-electron chi connectivity index (χ2n) is 3.71. The van der Waals surface area contributed by atoms with Crippen LogP contribution in [0.2, 0.25) is 0 Å². The van der Waals surface area contributed by atoms with Crippen molar-refractivity contribution in [2.24, 2.45) is 0 Å². The van der Waals surface area contributed by atoms with E-state index in [4.69, 9.17) is 4.74 Å². The molecule has 0 amide bonds. The lowest BCUT2D eigenvalue weighted by molar-refractivity contribution is -0.160. The number of esters is 1. The Labute approximate surface area is 83.4 Å². The van der Waals surface area contributed by atoms with Crippen LogP contribution in [0.4, 0.5) is 0 Å². The molecule has 1 aliphatic heterocycles. The second-order valence-corrected chi connectivity index (χ2v) is 3.71. The molecule has 2 unspecified atom stereocenters. The highest BCUT2D eigenvalue weighted by Crippen LogP contribution is 2.07. The molecule has 2 N–H and O–H groups in total. The Morgan fingerprint density at radius 3 is 3.00 bits per heavy atom. The van der Waals surface area contributed by atoms with Gasteiger partial charge in [0.15, 0.2) is 5.60 Å². The van der Waals surface area contributed by atoms with Gasteiger partial charge in [0, 0.05) is 19.2 Å². The molecular formula is C9H17NO4. The summed E-state index contributed by atoms with van der Waals surface area (Å²) in [6, 6.07) is 0.228. The average molecular weight is 203 g/mol. The van der Waals surface area contributed by atoms with Gasteiger partial charge in [-0.2, -0.15) is 0 Å². The summed E-state index contributed by atoms with van der Waals surface area (Å²) in [5.41, 5.74) is -1.46. The van der Waals surface area contributed by atoms with Gasteiger partial charge in [0.05, 0.1) is 13.7 Å². The standard InChI is InChI=1S/C9H17NO4/c1-9(12,8(11)13-2)6-10-7-3-4-14-5-7/h7,10,12H,3-6H2,1-2H3. The van der Waals surface area contributed by atoms with E-state index in [-0.39, 0.29) is 12.6 Å². The summed E-state index contributed by atoms with van der Waals surface area (Å²) in [6.45, 7) is 2.99. The predicted molar refractivity (Wildman–Crippen MR) is 49.9 cm³/mol. The highest BCUT2D eigenvalue weighted by Gasteiger charge is 2.32. The number of aliphatic hydroxyl groups is 1. The second kappa shape index (κ2) is 4.72. The molecule has 0 radical (unpaired) electrons. The SMILES string of the molecule is COC(=O)C(C)(O)CNC1CCOC1. The highest BCUT2D eigenvalue weighted by molar-refractivity contribution is 5.78. The van der Waals surface area contributed by atoms with Crippen molar-refractivity contribution in [1.82, 2.24) is 5.32 Å². The number of carbonyl (C=O) groups excluding carboxylic acids is 1. The molecule has 1 fully saturated rings. The maximum Gasteiger partial charge on any atom is 0.338 e. The first-order chi connectivity index (χ1) is 6.56. The van der Waals surface area contributed by atoms with Gasteiger partial charge < -0.3 is 19.9 Å². The van der Waals surface area contributed by atoms with Crippen LogP contribution in [0.1, 0.15) is 13.3 Å². The van der Waals surface area contributed by atoms with E-state index in [0.717, 1.165) is 13.0 Å². The van der Waals surface area contributed by atoms with Crippen LogP contribution >= 0.6 is 0 Å². The Bertz CT molecular complexity index is 199. The van der Waals surface area contributed by atoms with Crippen LogP contribution in [0.5, 0.6) is 0 Å². The van der Waals surface area contributed by atoms with E-state index in [1.54, 1.807) is 0 Å². The van der Waals surface area contributed by atoms with Crippen molar-refractivity contribution >= 4 is 5.97 Å². The maximum absolute atomic E-state index is 11.1. The monoisotopic (exact) mass is 203 g/mol. The van der Waals surface area contributed by atoms with E-state index in [2.05, 4.69) is 10.1 Å². The van der Waals surface area contributed by atoms with Crippen LogP contribution in [-0.2, 0) is 14.3 Å². The van der Waals surface area contributed by atoms with Gasteiger partial charge in [-0.25, -0.2) is 4.79 Å². The fourth-order valence-electron chi connectivity index (χ4n) is 1.33. The van der Waals surface area contributed by atoms with Crippen LogP contribution in [0.3, 0.4) is 0 Å². The summed E-state index contributed by atoms with van der Waals surface area (Å²) in [5.74, 6) is -0.621. The molecule has 0 saturated carbocycles. The number of ether oxygens (including phenoxy) is 2. The van der Waals surface area contributed by atoms with Crippen molar-refractivity contribution in [2.45, 2.75) is 25.0 Å². The van der Waals surface area contributed by atoms with Crippen LogP contribution in [-0.4, -0.2) is 49.6 Å². The minimum absolute atomic E-state index is 0.188. The number of rotatable bonds is 4. The lowest BCUT2D eigenvalue weighted by Crippen LogP contribution is -2.48. The molecule has 0 aromatic heterocycles. The van der Waals surface area contributed by atoms with Gasteiger partial charge in [-0.15, -0.1) is 0 Å². The zero-order valence-corrected chi connectivity index (χ0v) is 8.58. The van der Waals surface area contributed by atoms with Crippen molar-refractivity contribution in [1.29, 1.82) is 0 Å². The Morgan fingerprint density at radius 2 is 2.50 bits per heavy atom. The number of nitrogens with one attached hydrogen (secondary N) is 1. The Hall–Kier alpha value is -0.650. The lowest BCUT2D eigenvalue weighted by Gasteiger charge is -2.22. The van der Waals surface area contributed by atoms with Gasteiger partial charge in [-0.05, 0) is 13.3 Å². The molecule has 1 rings (SSSR count). The van der Waals surface area contributed by atoms with Crippen molar-refractivity contribution in [3.05, 3.63) is 0 Å². The number of methoxy groups -OCH3 is 1. The third-order valence-corrected chi connectivity index (χ3v) is 2.29. The zero-order chi connectivity index (χ0) is 10.6. The first-order valence-corrected chi connectivity index (χ1v) is 4.68. The Morgan fingerprint density at radius 1 is 1.79 bits per heavy atom. The fraction of sp³-hybridized carbons (Fsp3) is 0.889. The van der Waals surface area contributed by atoms with Gasteiger partial charge in [-0.1, -0.05) is 0 Å². The first-order valence-electron chi connectivity index (χ1n) is 4.68. The summed E-state index contributed by atoms with van der Waals surface area (Å²) in [5, 5.41) is 12.7. The third kappa shape index (κ3) is 2.94. The molecule has 0 aliphatic carbocycles. The van der Waals surface area contributed by atoms with Crippen molar-refractivity contribution < 1.29 is 19.4 Å². The van der Waals surface area contributed by atoms with E-state index in [0.29, 0.717) is 6.61 Å². The molecule has 0 aromatic carbocycles. The highest BCUT2D eigenvalue weighted by atomic mass is 16.5. The van der Waals surface area contributed by atoms with Gasteiger partial charge in [0.2, 0.25) is 0 Å². The van der Waals surface area contributed by atoms with Gasteiger partial charge in [-0.3, -0.25) is 0 Å². The number of hydrogen-bond donors (Lipinski definition) is 2. The van der Waals surface area contributed by atoms with Gasteiger partial charge >= 0.3 is 5.97 Å². The molecular weight excluding hydrogens is 186 g/mol. The molecule has 5 heteroatoms. The molecule has 2 atom stereocenters. The molecule has 5 nitrogen and oxygen atoms in total. The van der Waals surface area contributed by atoms with Crippen LogP contribution < -0.4 is 5.32 Å². The quantitative estimate of drug-likeness (QED) is 0.591. The largest absolute Gasteiger partial charge is 0.467 e. The van der Waals surface area contributed by atoms with E-state index < -0.39 is 11.6 Å². The Kier molecular flexibility index (Phi) is 3.86. The summed E-state index contributed by atoms with van der Waals surface area (Å²) in [6.07, 6.45) is 0.914. The molecule has 1 aliphatic rings. The van der Waals surface area contributed by atoms with Crippen LogP contribution in [0, 0.1) is 0 Å². The van der Waals surface area contributed by atoms with E-state index in [1.165, 1.54) is 14.0 Å². The predicted octanol–water partition coefficient (Wildman–Crippen LogP) is -0.711. The minimum Gasteiger partial charge on any atom is -0.467 e. The third-order valence-electron chi connectivity index (χ3n) is 2.29. The summed E-state index contributed by atoms with van der Waals surface area (Å²) < 4.78 is 9.62. The fourth-order valence-corrected chi connectivity index (χ4v) is 1.33. The minimum atomic E-state index is -1.46. The maximum atomic E-state index is 11.1. The lowest BCUT2D eigenvalue weighted by atomic mass is 10.1. The first kappa shape index (κ1) is 11.4. The number of carbonyl (C=O) groups is 1. The van der Waals surface area contributed by atoms with Crippen molar-refractivity contribution in [2.75, 3.05) is 26.9 Å². The summed E-state index contributed by atoms with van der Waals surface area (Å²) >= 11 is 0. The molecule has 14 heavy (non-hydrogen) atoms. The van der Waals surface area contributed by atoms with E-state index in [1.807, 2.05) is 0 Å². The summed E-state index contributed by atoms with van der Waals surface area (Å²) in [4.78, 5) is 11.1. The Balaban J connectivity index is 2.31. The zero-order valence-electron chi connectivity index (χ0n) is 8.58. The van der Waals surface area contributed by atoms with Crippen molar-refractivity contribution in [3.63, 3.8) is 0 Å². The topological polar surface area (TPSA) is 67.8 Å². The molecule has 82 valence electrons. The molecule has 0 aromatic rings. The molecule has 0 bridgehead atoms. The summed E-state index contributed by atoms with van der Waals surface area (Å²) in [7, 11) is 1.26.